The van der Waals surface area contributed by atoms with Crippen LogP contribution >= 0.6 is 0 Å². The molecule has 1 unspecified atom stereocenters. The van der Waals surface area contributed by atoms with Gasteiger partial charge in [-0.1, -0.05) is 61.5 Å². The third-order valence-electron chi connectivity index (χ3n) is 5.66. The maximum atomic E-state index is 12.6. The number of hydrogen-bond donors (Lipinski definition) is 2. The number of rotatable bonds is 13. The van der Waals surface area contributed by atoms with Crippen LogP contribution in [-0.2, 0) is 30.3 Å². The fourth-order valence-electron chi connectivity index (χ4n) is 3.85. The van der Waals surface area contributed by atoms with E-state index in [-0.39, 0.29) is 54.4 Å². The molecule has 0 aliphatic carbocycles. The number of carboxylic acid groups (broad SMARTS) is 1. The minimum atomic E-state index is -1.77. The van der Waals surface area contributed by atoms with E-state index in [4.69, 9.17) is 19.9 Å². The first-order valence-corrected chi connectivity index (χ1v) is 13.5. The van der Waals surface area contributed by atoms with Crippen LogP contribution in [0.3, 0.4) is 0 Å². The molecule has 39 heavy (non-hydrogen) atoms. The number of carbonyl (C=O) groups excluding carboxylic acids is 3. The van der Waals surface area contributed by atoms with Crippen LogP contribution in [0.5, 0.6) is 11.5 Å². The average Bonchev–Trinajstić information content (AvgIpc) is 2.71. The zero-order valence-corrected chi connectivity index (χ0v) is 25.0. The lowest BCUT2D eigenvalue weighted by atomic mass is 9.86. The van der Waals surface area contributed by atoms with E-state index in [1.54, 1.807) is 13.0 Å². The highest BCUT2D eigenvalue weighted by molar-refractivity contribution is 5.80. The Morgan fingerprint density at radius 3 is 1.82 bits per heavy atom. The Labute approximate surface area is 232 Å². The lowest BCUT2D eigenvalue weighted by molar-refractivity contribution is -0.153. The van der Waals surface area contributed by atoms with Crippen molar-refractivity contribution in [1.82, 2.24) is 0 Å². The summed E-state index contributed by atoms with van der Waals surface area (Å²) in [5.74, 6) is -2.28. The molecule has 2 atom stereocenters. The molecule has 1 aromatic rings. The molecule has 0 amide bonds. The summed E-state index contributed by atoms with van der Waals surface area (Å²) in [4.78, 5) is 49.4. The molecule has 0 aliphatic rings. The third kappa shape index (κ3) is 13.6. The SMILES string of the molecule is CC(C)CCC(=O)O[C@@H](C)CC(N)(Cc1ccc(OC(=O)CC(C)(C)C)c(OC(=O)CC(C)(C)C)c1)C(=O)O. The number of aliphatic carboxylic acids is 1. The molecule has 0 saturated heterocycles. The van der Waals surface area contributed by atoms with E-state index in [9.17, 15) is 24.3 Å². The number of esters is 3. The van der Waals surface area contributed by atoms with Crippen molar-refractivity contribution in [3.8, 4) is 11.5 Å². The molecule has 3 N–H and O–H groups in total. The first-order valence-electron chi connectivity index (χ1n) is 13.5. The van der Waals surface area contributed by atoms with Crippen molar-refractivity contribution in [2.75, 3.05) is 0 Å². The molecule has 1 aromatic carbocycles. The highest BCUT2D eigenvalue weighted by Crippen LogP contribution is 2.33. The smallest absolute Gasteiger partial charge is 0.324 e. The number of carbonyl (C=O) groups is 4. The van der Waals surface area contributed by atoms with E-state index in [0.29, 0.717) is 17.9 Å². The lowest BCUT2D eigenvalue weighted by Gasteiger charge is -2.28. The highest BCUT2D eigenvalue weighted by atomic mass is 16.6. The van der Waals surface area contributed by atoms with E-state index in [1.165, 1.54) is 12.1 Å². The second-order valence-corrected chi connectivity index (χ2v) is 13.3. The van der Waals surface area contributed by atoms with Crippen LogP contribution in [0.15, 0.2) is 18.2 Å². The Kier molecular flexibility index (Phi) is 12.2. The molecule has 0 aromatic heterocycles. The molecule has 9 heteroatoms. The van der Waals surface area contributed by atoms with Crippen LogP contribution in [0.2, 0.25) is 0 Å². The predicted octanol–water partition coefficient (Wildman–Crippen LogP) is 5.45. The number of benzene rings is 1. The molecule has 0 spiro atoms. The van der Waals surface area contributed by atoms with Crippen molar-refractivity contribution in [2.24, 2.45) is 22.5 Å². The van der Waals surface area contributed by atoms with E-state index < -0.39 is 35.5 Å². The van der Waals surface area contributed by atoms with Crippen molar-refractivity contribution >= 4 is 23.9 Å². The summed E-state index contributed by atoms with van der Waals surface area (Å²) in [5.41, 5.74) is 4.35. The third-order valence-corrected chi connectivity index (χ3v) is 5.66. The van der Waals surface area contributed by atoms with E-state index in [0.717, 1.165) is 0 Å². The first-order chi connectivity index (χ1) is 17.7. The van der Waals surface area contributed by atoms with E-state index in [2.05, 4.69) is 0 Å². The minimum absolute atomic E-state index is 0.00455. The van der Waals surface area contributed by atoms with Crippen molar-refractivity contribution in [3.05, 3.63) is 23.8 Å². The first kappa shape index (κ1) is 34.1. The Morgan fingerprint density at radius 2 is 1.36 bits per heavy atom. The van der Waals surface area contributed by atoms with Crippen LogP contribution in [0, 0.1) is 16.7 Å². The highest BCUT2D eigenvalue weighted by Gasteiger charge is 2.37. The standard InChI is InChI=1S/C30H47NO8/c1-19(2)10-13-24(32)37-20(3)15-30(31,27(35)36)16-21-11-12-22(38-25(33)17-28(4,5)6)23(14-21)39-26(34)18-29(7,8)9/h11-12,14,19-20H,10,13,15-18,31H2,1-9H3,(H,35,36)/t20-,30?/m0/s1. The monoisotopic (exact) mass is 549 g/mol. The van der Waals surface area contributed by atoms with E-state index in [1.807, 2.05) is 55.4 Å². The quantitative estimate of drug-likeness (QED) is 0.242. The zero-order valence-electron chi connectivity index (χ0n) is 25.0. The van der Waals surface area contributed by atoms with Gasteiger partial charge in [0.1, 0.15) is 11.6 Å². The maximum absolute atomic E-state index is 12.6. The minimum Gasteiger partial charge on any atom is -0.480 e. The van der Waals surface area contributed by atoms with Gasteiger partial charge in [0, 0.05) is 19.3 Å². The van der Waals surface area contributed by atoms with Crippen LogP contribution in [-0.4, -0.2) is 40.6 Å². The molecular weight excluding hydrogens is 502 g/mol. The summed E-state index contributed by atoms with van der Waals surface area (Å²) in [6.45, 7) is 17.0. The zero-order chi connectivity index (χ0) is 30.2. The summed E-state index contributed by atoms with van der Waals surface area (Å²) in [6, 6.07) is 4.50. The van der Waals surface area contributed by atoms with Crippen molar-refractivity contribution in [3.63, 3.8) is 0 Å². The Bertz CT molecular complexity index is 1020. The summed E-state index contributed by atoms with van der Waals surface area (Å²) < 4.78 is 16.5. The maximum Gasteiger partial charge on any atom is 0.324 e. The molecule has 0 radical (unpaired) electrons. The second-order valence-electron chi connectivity index (χ2n) is 13.3. The lowest BCUT2D eigenvalue weighted by Crippen LogP contribution is -2.52. The van der Waals surface area contributed by atoms with Crippen LogP contribution in [0.25, 0.3) is 0 Å². The van der Waals surface area contributed by atoms with Gasteiger partial charge in [-0.2, -0.15) is 0 Å². The van der Waals surface area contributed by atoms with Crippen molar-refractivity contribution < 1.29 is 38.5 Å². The van der Waals surface area contributed by atoms with E-state index >= 15 is 0 Å². The summed E-state index contributed by atoms with van der Waals surface area (Å²) >= 11 is 0. The molecule has 0 heterocycles. The van der Waals surface area contributed by atoms with Crippen LogP contribution in [0.4, 0.5) is 0 Å². The molecule has 9 nitrogen and oxygen atoms in total. The topological polar surface area (TPSA) is 142 Å². The van der Waals surface area contributed by atoms with Gasteiger partial charge in [-0.25, -0.2) is 0 Å². The number of ether oxygens (including phenoxy) is 3. The van der Waals surface area contributed by atoms with Gasteiger partial charge in [0.25, 0.3) is 0 Å². The molecule has 0 aliphatic heterocycles. The molecule has 220 valence electrons. The fraction of sp³-hybridized carbons (Fsp3) is 0.667. The summed E-state index contributed by atoms with van der Waals surface area (Å²) in [5, 5.41) is 9.96. The molecule has 0 bridgehead atoms. The fourth-order valence-corrected chi connectivity index (χ4v) is 3.85. The Morgan fingerprint density at radius 1 is 0.846 bits per heavy atom. The molecule has 0 saturated carbocycles. The Hall–Kier alpha value is -2.94. The van der Waals surface area contributed by atoms with Gasteiger partial charge in [0.05, 0.1) is 12.8 Å². The van der Waals surface area contributed by atoms with Crippen LogP contribution in [0.1, 0.15) is 100.0 Å². The number of carboxylic acids is 1. The largest absolute Gasteiger partial charge is 0.480 e. The van der Waals surface area contributed by atoms with Gasteiger partial charge in [0.2, 0.25) is 0 Å². The van der Waals surface area contributed by atoms with Crippen molar-refractivity contribution in [1.29, 1.82) is 0 Å². The van der Waals surface area contributed by atoms with Crippen LogP contribution < -0.4 is 15.2 Å². The number of hydrogen-bond acceptors (Lipinski definition) is 8. The van der Waals surface area contributed by atoms with Gasteiger partial charge in [-0.15, -0.1) is 0 Å². The van der Waals surface area contributed by atoms with Crippen molar-refractivity contribution in [2.45, 2.75) is 112 Å². The normalized spacial score (nSPS) is 14.3. The molecule has 0 fully saturated rings. The number of nitrogens with two attached hydrogens (primary N) is 1. The molecule has 1 rings (SSSR count). The average molecular weight is 550 g/mol. The van der Waals surface area contributed by atoms with Gasteiger partial charge in [-0.05, 0) is 47.8 Å². The summed E-state index contributed by atoms with van der Waals surface area (Å²) in [7, 11) is 0. The predicted molar refractivity (Wildman–Crippen MR) is 148 cm³/mol. The molecular formula is C30H47NO8. The summed E-state index contributed by atoms with van der Waals surface area (Å²) in [6.07, 6.45) is 0.165. The second kappa shape index (κ2) is 13.9. The van der Waals surface area contributed by atoms with Gasteiger partial charge >= 0.3 is 23.9 Å². The van der Waals surface area contributed by atoms with Gasteiger partial charge in [0.15, 0.2) is 11.5 Å². The van der Waals surface area contributed by atoms with Gasteiger partial charge in [-0.3, -0.25) is 19.2 Å². The Balaban J connectivity index is 3.20. The van der Waals surface area contributed by atoms with Gasteiger partial charge < -0.3 is 25.1 Å².